The zero-order chi connectivity index (χ0) is 23.1. The number of hydrogen-bond donors (Lipinski definition) is 1. The van der Waals surface area contributed by atoms with E-state index in [4.69, 9.17) is 4.74 Å². The Balaban J connectivity index is 1.36. The molecule has 4 aromatic rings. The second-order valence-corrected chi connectivity index (χ2v) is 10.1. The summed E-state index contributed by atoms with van der Waals surface area (Å²) in [4.78, 5) is 4.62. The number of benzene rings is 4. The van der Waals surface area contributed by atoms with E-state index in [-0.39, 0.29) is 4.90 Å². The molecule has 4 aromatic carbocycles. The maximum absolute atomic E-state index is 12.6. The number of ether oxygens (including phenoxy) is 1. The highest BCUT2D eigenvalue weighted by Crippen LogP contribution is 2.21. The smallest absolute Gasteiger partial charge is 0.261 e. The minimum Gasteiger partial charge on any atom is -0.489 e. The van der Waals surface area contributed by atoms with Crippen LogP contribution >= 0.6 is 22.6 Å². The summed E-state index contributed by atoms with van der Waals surface area (Å²) in [6.45, 7) is 0.516. The number of nitrogens with zero attached hydrogens (tertiary/aromatic N) is 1. The Morgan fingerprint density at radius 1 is 0.818 bits per heavy atom. The van der Waals surface area contributed by atoms with E-state index in [1.807, 2.05) is 66.7 Å². The van der Waals surface area contributed by atoms with Gasteiger partial charge in [-0.25, -0.2) is 8.42 Å². The number of nitrogens with one attached hydrogen (secondary N) is 1. The molecule has 0 fully saturated rings. The van der Waals surface area contributed by atoms with E-state index in [0.717, 1.165) is 20.4 Å². The molecule has 0 aliphatic carbocycles. The molecule has 0 heterocycles. The van der Waals surface area contributed by atoms with Gasteiger partial charge in [-0.05, 0) is 107 Å². The molecule has 0 saturated heterocycles. The molecule has 0 amide bonds. The van der Waals surface area contributed by atoms with Crippen molar-refractivity contribution in [1.29, 1.82) is 0 Å². The Morgan fingerprint density at radius 2 is 1.48 bits per heavy atom. The lowest BCUT2D eigenvalue weighted by Gasteiger charge is -2.08. The zero-order valence-electron chi connectivity index (χ0n) is 17.6. The molecular weight excluding hydrogens is 547 g/mol. The van der Waals surface area contributed by atoms with Crippen LogP contribution in [0, 0.1) is 3.57 Å². The Morgan fingerprint density at radius 3 is 2.15 bits per heavy atom. The summed E-state index contributed by atoms with van der Waals surface area (Å²) < 4.78 is 34.6. The van der Waals surface area contributed by atoms with Crippen molar-refractivity contribution in [3.8, 4) is 5.75 Å². The van der Waals surface area contributed by atoms with E-state index >= 15 is 0 Å². The highest BCUT2D eigenvalue weighted by Gasteiger charge is 2.13. The van der Waals surface area contributed by atoms with E-state index in [2.05, 4.69) is 32.3 Å². The second-order valence-electron chi connectivity index (χ2n) is 7.21. The third-order valence-electron chi connectivity index (χ3n) is 4.73. The van der Waals surface area contributed by atoms with Gasteiger partial charge in [-0.15, -0.1) is 0 Å². The van der Waals surface area contributed by atoms with E-state index in [1.165, 1.54) is 0 Å². The predicted octanol–water partition coefficient (Wildman–Crippen LogP) is 6.42. The van der Waals surface area contributed by atoms with Crippen LogP contribution in [0.5, 0.6) is 5.75 Å². The Hall–Kier alpha value is -3.17. The molecule has 0 atom stereocenters. The van der Waals surface area contributed by atoms with Crippen molar-refractivity contribution in [2.75, 3.05) is 4.72 Å². The van der Waals surface area contributed by atoms with Gasteiger partial charge in [0, 0.05) is 15.5 Å². The summed E-state index contributed by atoms with van der Waals surface area (Å²) in [6.07, 6.45) is 1.73. The molecular formula is C26H21IN2O3S. The number of anilines is 1. The molecule has 1 N–H and O–H groups in total. The molecule has 5 nitrogen and oxygen atoms in total. The lowest BCUT2D eigenvalue weighted by Crippen LogP contribution is -2.12. The van der Waals surface area contributed by atoms with Gasteiger partial charge in [0.05, 0.1) is 10.6 Å². The maximum Gasteiger partial charge on any atom is 0.261 e. The average molecular weight is 568 g/mol. The Labute approximate surface area is 207 Å². The third-order valence-corrected chi connectivity index (χ3v) is 6.85. The Kier molecular flexibility index (Phi) is 7.41. The van der Waals surface area contributed by atoms with Gasteiger partial charge in [-0.2, -0.15) is 0 Å². The summed E-state index contributed by atoms with van der Waals surface area (Å²) in [5.41, 5.74) is 3.21. The quantitative estimate of drug-likeness (QED) is 0.197. The highest BCUT2D eigenvalue weighted by molar-refractivity contribution is 14.1. The third kappa shape index (κ3) is 6.66. The summed E-state index contributed by atoms with van der Waals surface area (Å²) in [5.74, 6) is 0.784. The van der Waals surface area contributed by atoms with Crippen molar-refractivity contribution >= 4 is 50.2 Å². The first-order chi connectivity index (χ1) is 16.0. The van der Waals surface area contributed by atoms with Gasteiger partial charge in [0.15, 0.2) is 0 Å². The summed E-state index contributed by atoms with van der Waals surface area (Å²) >= 11 is 2.17. The van der Waals surface area contributed by atoms with Gasteiger partial charge in [-0.1, -0.05) is 30.3 Å². The van der Waals surface area contributed by atoms with Crippen molar-refractivity contribution in [2.45, 2.75) is 11.5 Å². The number of hydrogen-bond acceptors (Lipinski definition) is 4. The van der Waals surface area contributed by atoms with Crippen LogP contribution in [0.2, 0.25) is 0 Å². The lowest BCUT2D eigenvalue weighted by atomic mass is 10.2. The fourth-order valence-corrected chi connectivity index (χ4v) is 4.40. The zero-order valence-corrected chi connectivity index (χ0v) is 20.5. The summed E-state index contributed by atoms with van der Waals surface area (Å²) in [6, 6.07) is 31.2. The molecule has 0 saturated carbocycles. The summed E-state index contributed by atoms with van der Waals surface area (Å²) in [5, 5.41) is 0. The SMILES string of the molecule is O=S(=O)(Nc1ccc(I)cc1)c1ccc(N=Cc2ccc(OCc3ccccc3)cc2)cc1. The molecule has 7 heteroatoms. The van der Waals surface area contributed by atoms with Crippen molar-refractivity contribution in [1.82, 2.24) is 0 Å². The molecule has 0 bridgehead atoms. The van der Waals surface area contributed by atoms with Crippen molar-refractivity contribution in [3.05, 3.63) is 118 Å². The lowest BCUT2D eigenvalue weighted by molar-refractivity contribution is 0.306. The molecule has 166 valence electrons. The van der Waals surface area contributed by atoms with E-state index in [1.54, 1.807) is 42.6 Å². The van der Waals surface area contributed by atoms with E-state index < -0.39 is 10.0 Å². The van der Waals surface area contributed by atoms with Crippen LogP contribution in [-0.2, 0) is 16.6 Å². The number of aliphatic imine (C=N–C) groups is 1. The topological polar surface area (TPSA) is 67.8 Å². The minimum atomic E-state index is -3.66. The summed E-state index contributed by atoms with van der Waals surface area (Å²) in [7, 11) is -3.66. The van der Waals surface area contributed by atoms with Crippen LogP contribution in [-0.4, -0.2) is 14.6 Å². The first-order valence-corrected chi connectivity index (χ1v) is 12.7. The first kappa shape index (κ1) is 23.0. The van der Waals surface area contributed by atoms with Crippen LogP contribution in [0.15, 0.2) is 113 Å². The fourth-order valence-electron chi connectivity index (χ4n) is 2.98. The molecule has 4 rings (SSSR count). The van der Waals surface area contributed by atoms with Crippen LogP contribution in [0.3, 0.4) is 0 Å². The van der Waals surface area contributed by atoms with E-state index in [0.29, 0.717) is 18.0 Å². The molecule has 0 aliphatic heterocycles. The fraction of sp³-hybridized carbons (Fsp3) is 0.0385. The van der Waals surface area contributed by atoms with Gasteiger partial charge in [0.1, 0.15) is 12.4 Å². The van der Waals surface area contributed by atoms with Crippen molar-refractivity contribution in [2.24, 2.45) is 4.99 Å². The molecule has 33 heavy (non-hydrogen) atoms. The molecule has 0 spiro atoms. The van der Waals surface area contributed by atoms with Gasteiger partial charge in [0.25, 0.3) is 10.0 Å². The normalized spacial score (nSPS) is 11.4. The second kappa shape index (κ2) is 10.6. The highest BCUT2D eigenvalue weighted by atomic mass is 127. The predicted molar refractivity (Wildman–Crippen MR) is 141 cm³/mol. The van der Waals surface area contributed by atoms with Crippen LogP contribution < -0.4 is 9.46 Å². The van der Waals surface area contributed by atoms with Gasteiger partial charge in [-0.3, -0.25) is 9.71 Å². The number of halogens is 1. The molecule has 0 aromatic heterocycles. The molecule has 0 radical (unpaired) electrons. The number of sulfonamides is 1. The minimum absolute atomic E-state index is 0.180. The van der Waals surface area contributed by atoms with Gasteiger partial charge < -0.3 is 4.74 Å². The Bertz CT molecular complexity index is 1320. The number of rotatable bonds is 8. The largest absolute Gasteiger partial charge is 0.489 e. The van der Waals surface area contributed by atoms with Gasteiger partial charge >= 0.3 is 0 Å². The molecule has 0 unspecified atom stereocenters. The van der Waals surface area contributed by atoms with Crippen LogP contribution in [0.1, 0.15) is 11.1 Å². The van der Waals surface area contributed by atoms with Crippen LogP contribution in [0.25, 0.3) is 0 Å². The van der Waals surface area contributed by atoms with Gasteiger partial charge in [0.2, 0.25) is 0 Å². The maximum atomic E-state index is 12.6. The van der Waals surface area contributed by atoms with Crippen molar-refractivity contribution in [3.63, 3.8) is 0 Å². The molecule has 0 aliphatic rings. The average Bonchev–Trinajstić information content (AvgIpc) is 2.84. The van der Waals surface area contributed by atoms with E-state index in [9.17, 15) is 8.42 Å². The van der Waals surface area contributed by atoms with Crippen molar-refractivity contribution < 1.29 is 13.2 Å². The first-order valence-electron chi connectivity index (χ1n) is 10.2. The standard InChI is InChI=1S/C26H21IN2O3S/c27-22-8-10-24(11-9-22)29-33(30,31)26-16-12-23(13-17-26)28-18-20-6-14-25(15-7-20)32-19-21-4-2-1-3-5-21/h1-18,29H,19H2. The monoisotopic (exact) mass is 568 g/mol. The van der Waals surface area contributed by atoms with Crippen LogP contribution in [0.4, 0.5) is 11.4 Å².